The molecule has 0 fully saturated rings. The van der Waals surface area contributed by atoms with E-state index < -0.39 is 33.1 Å². The van der Waals surface area contributed by atoms with Gasteiger partial charge in [-0.25, -0.2) is 27.2 Å². The van der Waals surface area contributed by atoms with Gasteiger partial charge in [-0.3, -0.25) is 4.79 Å². The molecule has 3 aliphatic rings. The maximum absolute atomic E-state index is 15.3. The molecule has 2 unspecified atom stereocenters. The van der Waals surface area contributed by atoms with Crippen molar-refractivity contribution in [3.05, 3.63) is 142 Å². The molecular weight excluding hydrogens is 645 g/mol. The van der Waals surface area contributed by atoms with Crippen molar-refractivity contribution < 1.29 is 22.5 Å². The lowest BCUT2D eigenvalue weighted by atomic mass is 9.78. The molecule has 1 aromatic heterocycles. The van der Waals surface area contributed by atoms with Crippen LogP contribution in [0.1, 0.15) is 52.3 Å². The van der Waals surface area contributed by atoms with Crippen LogP contribution in [-0.2, 0) is 52.5 Å². The maximum atomic E-state index is 15.3. The van der Waals surface area contributed by atoms with Gasteiger partial charge in [0, 0.05) is 18.5 Å². The summed E-state index contributed by atoms with van der Waals surface area (Å²) in [6.07, 6.45) is 2.06. The van der Waals surface area contributed by atoms with Crippen LogP contribution in [0, 0.1) is 10.6 Å². The number of carbonyl (C=O) groups is 1. The number of benzene rings is 4. The smallest absolute Gasteiger partial charge is 0.270 e. The Labute approximate surface area is 283 Å². The number of nitrogens with zero attached hydrogens (tertiary/aromatic N) is 2. The number of ether oxygens (including phenoxy) is 1. The van der Waals surface area contributed by atoms with E-state index in [4.69, 9.17) is 4.74 Å². The molecule has 3 atom stereocenters. The summed E-state index contributed by atoms with van der Waals surface area (Å²) in [5, 5.41) is 7.39. The summed E-state index contributed by atoms with van der Waals surface area (Å²) in [5.41, 5.74) is 2.21. The summed E-state index contributed by atoms with van der Waals surface area (Å²) < 4.78 is 65.0. The molecule has 5 aromatic rings. The Morgan fingerprint density at radius 1 is 0.918 bits per heavy atom. The zero-order chi connectivity index (χ0) is 34.0. The third-order valence-electron chi connectivity index (χ3n) is 10.0. The van der Waals surface area contributed by atoms with Gasteiger partial charge in [0.2, 0.25) is 11.5 Å². The first-order valence-corrected chi connectivity index (χ1v) is 18.0. The van der Waals surface area contributed by atoms with E-state index in [-0.39, 0.29) is 36.0 Å². The number of anilines is 1. The number of amides is 1. The summed E-state index contributed by atoms with van der Waals surface area (Å²) in [6.45, 7) is 1.59. The highest BCUT2D eigenvalue weighted by atomic mass is 32.2. The van der Waals surface area contributed by atoms with Crippen molar-refractivity contribution in [2.45, 2.75) is 67.8 Å². The molecule has 0 saturated heterocycles. The number of hydrogen-bond donors (Lipinski definition) is 3. The number of aromatic nitrogens is 2. The van der Waals surface area contributed by atoms with Crippen molar-refractivity contribution in [1.82, 2.24) is 14.5 Å². The molecule has 0 radical (unpaired) electrons. The Morgan fingerprint density at radius 3 is 2.06 bits per heavy atom. The first kappa shape index (κ1) is 31.4. The first-order valence-electron chi connectivity index (χ1n) is 16.4. The van der Waals surface area contributed by atoms with Crippen molar-refractivity contribution >= 4 is 21.5 Å². The van der Waals surface area contributed by atoms with E-state index in [0.29, 0.717) is 35.2 Å². The van der Waals surface area contributed by atoms with E-state index in [1.807, 2.05) is 91.0 Å². The molecule has 0 bridgehead atoms. The fourth-order valence-electron chi connectivity index (χ4n) is 7.69. The molecule has 0 spiro atoms. The second kappa shape index (κ2) is 11.6. The molecule has 250 valence electrons. The highest BCUT2D eigenvalue weighted by molar-refractivity contribution is 7.90. The largest absolute Gasteiger partial charge is 0.458 e. The standard InChI is InChI=1S/C38H35F2N5O3S/c1-37(36(46)43-34-29-19-11-18-28(29)33(40)30-20-27(39)21-31(30)34)23-45-35(48-37)32(22-42-45)49(41,47)44-38(24-12-5-2-6-13-24,25-14-7-3-8-15-25)26-16-9-4-10-17-26/h2-10,12-17,22,27H,11,18-21,23H2,1H3,(H,43,46)(H2,41,44,47)/t27-,37?,49?/m1/s1. The molecular formula is C38H35F2N5O3S. The predicted molar refractivity (Wildman–Crippen MR) is 182 cm³/mol. The summed E-state index contributed by atoms with van der Waals surface area (Å²) in [4.78, 5) is 14.0. The number of alkyl halides is 1. The Hall–Kier alpha value is -4.87. The second-order valence-electron chi connectivity index (χ2n) is 13.2. The first-order chi connectivity index (χ1) is 23.6. The average Bonchev–Trinajstić information content (AvgIpc) is 3.91. The van der Waals surface area contributed by atoms with Gasteiger partial charge in [0.15, 0.2) is 0 Å². The van der Waals surface area contributed by atoms with E-state index >= 15 is 4.39 Å². The van der Waals surface area contributed by atoms with Gasteiger partial charge >= 0.3 is 0 Å². The van der Waals surface area contributed by atoms with Crippen LogP contribution >= 0.6 is 0 Å². The minimum absolute atomic E-state index is 0.0000277. The summed E-state index contributed by atoms with van der Waals surface area (Å²) in [7, 11) is -3.88. The van der Waals surface area contributed by atoms with E-state index in [9.17, 15) is 18.2 Å². The lowest BCUT2D eigenvalue weighted by Crippen LogP contribution is -2.47. The summed E-state index contributed by atoms with van der Waals surface area (Å²) in [6, 6.07) is 28.6. The van der Waals surface area contributed by atoms with Gasteiger partial charge in [-0.05, 0) is 65.1 Å². The molecule has 1 aliphatic heterocycles. The average molecular weight is 680 g/mol. The third kappa shape index (κ3) is 5.06. The molecule has 3 N–H and O–H groups in total. The van der Waals surface area contributed by atoms with Crippen molar-refractivity contribution in [1.29, 1.82) is 4.78 Å². The molecule has 0 saturated carbocycles. The Balaban J connectivity index is 1.15. The second-order valence-corrected chi connectivity index (χ2v) is 15.0. The predicted octanol–water partition coefficient (Wildman–Crippen LogP) is 6.64. The van der Waals surface area contributed by atoms with E-state index in [0.717, 1.165) is 28.7 Å². The lowest BCUT2D eigenvalue weighted by molar-refractivity contribution is -0.129. The number of halogens is 2. The van der Waals surface area contributed by atoms with Gasteiger partial charge in [-0.15, -0.1) is 0 Å². The van der Waals surface area contributed by atoms with E-state index in [1.165, 1.54) is 10.9 Å². The van der Waals surface area contributed by atoms with Crippen molar-refractivity contribution in [3.63, 3.8) is 0 Å². The van der Waals surface area contributed by atoms with Crippen molar-refractivity contribution in [3.8, 4) is 5.88 Å². The maximum Gasteiger partial charge on any atom is 0.270 e. The molecule has 2 heterocycles. The molecule has 8 nitrogen and oxygen atoms in total. The normalized spacial score (nSPS) is 20.6. The van der Waals surface area contributed by atoms with Gasteiger partial charge in [0.25, 0.3) is 5.91 Å². The number of hydrogen-bond acceptors (Lipinski definition) is 5. The topological polar surface area (TPSA) is 109 Å². The lowest BCUT2D eigenvalue weighted by Gasteiger charge is -2.37. The van der Waals surface area contributed by atoms with Gasteiger partial charge in [-0.2, -0.15) is 5.10 Å². The number of nitrogens with one attached hydrogen (secondary N) is 3. The van der Waals surface area contributed by atoms with Crippen LogP contribution in [0.15, 0.2) is 102 Å². The van der Waals surface area contributed by atoms with E-state index in [2.05, 4.69) is 15.1 Å². The summed E-state index contributed by atoms with van der Waals surface area (Å²) >= 11 is 0. The fraction of sp³-hybridized carbons (Fsp3) is 0.263. The van der Waals surface area contributed by atoms with Crippen LogP contribution in [0.4, 0.5) is 14.5 Å². The Kier molecular flexibility index (Phi) is 7.45. The monoisotopic (exact) mass is 679 g/mol. The minimum Gasteiger partial charge on any atom is -0.458 e. The molecule has 49 heavy (non-hydrogen) atoms. The zero-order valence-corrected chi connectivity index (χ0v) is 27.7. The third-order valence-corrected chi connectivity index (χ3v) is 11.5. The van der Waals surface area contributed by atoms with Crippen LogP contribution in [0.25, 0.3) is 0 Å². The highest BCUT2D eigenvalue weighted by Gasteiger charge is 2.48. The molecule has 8 rings (SSSR count). The molecule has 11 heteroatoms. The van der Waals surface area contributed by atoms with Crippen molar-refractivity contribution in [2.75, 3.05) is 5.32 Å². The van der Waals surface area contributed by atoms with Crippen LogP contribution in [0.3, 0.4) is 0 Å². The van der Waals surface area contributed by atoms with Gasteiger partial charge < -0.3 is 10.1 Å². The zero-order valence-electron chi connectivity index (χ0n) is 26.8. The van der Waals surface area contributed by atoms with Crippen LogP contribution in [0.2, 0.25) is 0 Å². The molecule has 2 aliphatic carbocycles. The van der Waals surface area contributed by atoms with Crippen LogP contribution < -0.4 is 14.8 Å². The van der Waals surface area contributed by atoms with E-state index in [1.54, 1.807) is 6.92 Å². The van der Waals surface area contributed by atoms with Crippen LogP contribution in [0.5, 0.6) is 5.88 Å². The Bertz CT molecular complexity index is 2100. The number of carbonyl (C=O) groups excluding carboxylic acids is 1. The SMILES string of the molecule is CC1(C(=O)Nc2c3c(c(F)c4c2C[C@H](F)C4)CCC3)Cn2ncc(S(=N)(=O)NC(c3ccccc3)(c3ccccc3)c3ccccc3)c2O1. The Morgan fingerprint density at radius 2 is 1.47 bits per heavy atom. The molecule has 4 aromatic carbocycles. The van der Waals surface area contributed by atoms with Gasteiger partial charge in [0.05, 0.1) is 12.7 Å². The van der Waals surface area contributed by atoms with Gasteiger partial charge in [0.1, 0.15) is 32.3 Å². The molecule has 1 amide bonds. The van der Waals surface area contributed by atoms with Gasteiger partial charge in [-0.1, -0.05) is 91.0 Å². The number of fused-ring (bicyclic) bond motifs is 3. The minimum atomic E-state index is -3.88. The van der Waals surface area contributed by atoms with Crippen LogP contribution in [-0.4, -0.2) is 31.7 Å². The van der Waals surface area contributed by atoms with Crippen molar-refractivity contribution in [2.24, 2.45) is 0 Å². The fourth-order valence-corrected chi connectivity index (χ4v) is 9.17. The summed E-state index contributed by atoms with van der Waals surface area (Å²) in [5.74, 6) is -0.804. The highest BCUT2D eigenvalue weighted by Crippen LogP contribution is 2.44. The number of rotatable bonds is 8. The quantitative estimate of drug-likeness (QED) is 0.160.